The van der Waals surface area contributed by atoms with Gasteiger partial charge >= 0.3 is 6.18 Å². The lowest BCUT2D eigenvalue weighted by Crippen LogP contribution is -2.03. The predicted molar refractivity (Wildman–Crippen MR) is 69.7 cm³/mol. The molecule has 2 rings (SSSR count). The Morgan fingerprint density at radius 1 is 1.16 bits per heavy atom. The molecular weight excluding hydrogens is 253 g/mol. The molecule has 0 aliphatic carbocycles. The lowest BCUT2D eigenvalue weighted by molar-refractivity contribution is -0.137. The molecule has 0 fully saturated rings. The zero-order chi connectivity index (χ0) is 13.9. The summed E-state index contributed by atoms with van der Waals surface area (Å²) < 4.78 is 43.1. The Morgan fingerprint density at radius 3 is 2.63 bits per heavy atom. The molecule has 0 aliphatic heterocycles. The standard InChI is InChI=1S/C15H13F3O/c1-2-3-4-5-6-13-10-11-9-12(15(16,17)18)7-8-14(11)19-13/h3-10H,2H2,1H3/b4-3+,6-5+. The van der Waals surface area contributed by atoms with Crippen LogP contribution in [-0.4, -0.2) is 0 Å². The summed E-state index contributed by atoms with van der Waals surface area (Å²) in [6.07, 6.45) is 3.96. The van der Waals surface area contributed by atoms with Crippen LogP contribution in [0, 0.1) is 0 Å². The highest BCUT2D eigenvalue weighted by molar-refractivity contribution is 5.80. The third-order valence-electron chi connectivity index (χ3n) is 2.61. The van der Waals surface area contributed by atoms with Crippen LogP contribution in [0.2, 0.25) is 0 Å². The third-order valence-corrected chi connectivity index (χ3v) is 2.61. The number of halogens is 3. The smallest absolute Gasteiger partial charge is 0.416 e. The van der Waals surface area contributed by atoms with Gasteiger partial charge in [0.05, 0.1) is 5.56 Å². The van der Waals surface area contributed by atoms with E-state index in [1.807, 2.05) is 19.1 Å². The van der Waals surface area contributed by atoms with Crippen molar-refractivity contribution in [2.75, 3.05) is 0 Å². The molecule has 4 heteroatoms. The maximum Gasteiger partial charge on any atom is 0.416 e. The van der Waals surface area contributed by atoms with Gasteiger partial charge in [-0.2, -0.15) is 13.2 Å². The highest BCUT2D eigenvalue weighted by atomic mass is 19.4. The zero-order valence-corrected chi connectivity index (χ0v) is 10.4. The van der Waals surface area contributed by atoms with Crippen LogP contribution in [0.15, 0.2) is 46.9 Å². The first-order valence-electron chi connectivity index (χ1n) is 5.94. The summed E-state index contributed by atoms with van der Waals surface area (Å²) in [5.41, 5.74) is -0.214. The number of rotatable bonds is 3. The van der Waals surface area contributed by atoms with Gasteiger partial charge in [0.1, 0.15) is 11.3 Å². The molecule has 1 aromatic heterocycles. The summed E-state index contributed by atoms with van der Waals surface area (Å²) in [5.74, 6) is 0.537. The first-order valence-corrected chi connectivity index (χ1v) is 5.94. The van der Waals surface area contributed by atoms with Crippen LogP contribution < -0.4 is 0 Å². The lowest BCUT2D eigenvalue weighted by Gasteiger charge is -2.04. The Labute approximate surface area is 109 Å². The highest BCUT2D eigenvalue weighted by Crippen LogP contribution is 2.32. The number of fused-ring (bicyclic) bond motifs is 1. The molecule has 1 heterocycles. The predicted octanol–water partition coefficient (Wildman–Crippen LogP) is 5.43. The van der Waals surface area contributed by atoms with Crippen molar-refractivity contribution in [1.29, 1.82) is 0 Å². The minimum Gasteiger partial charge on any atom is -0.457 e. The van der Waals surface area contributed by atoms with Crippen molar-refractivity contribution in [3.05, 3.63) is 53.8 Å². The Balaban J connectivity index is 2.31. The second-order valence-electron chi connectivity index (χ2n) is 4.09. The number of hydrogen-bond acceptors (Lipinski definition) is 1. The Bertz CT molecular complexity index is 618. The van der Waals surface area contributed by atoms with E-state index < -0.39 is 11.7 Å². The topological polar surface area (TPSA) is 13.1 Å². The summed E-state index contributed by atoms with van der Waals surface area (Å²) >= 11 is 0. The third kappa shape index (κ3) is 3.28. The summed E-state index contributed by atoms with van der Waals surface area (Å²) in [6.45, 7) is 2.02. The van der Waals surface area contributed by atoms with Crippen molar-refractivity contribution in [3.8, 4) is 0 Å². The van der Waals surface area contributed by atoms with Crippen molar-refractivity contribution in [2.24, 2.45) is 0 Å². The van der Waals surface area contributed by atoms with Crippen molar-refractivity contribution in [2.45, 2.75) is 19.5 Å². The zero-order valence-electron chi connectivity index (χ0n) is 10.4. The van der Waals surface area contributed by atoms with Crippen LogP contribution in [0.1, 0.15) is 24.7 Å². The van der Waals surface area contributed by atoms with Gasteiger partial charge in [0.15, 0.2) is 0 Å². The van der Waals surface area contributed by atoms with E-state index in [1.165, 1.54) is 6.07 Å². The van der Waals surface area contributed by atoms with E-state index in [0.29, 0.717) is 16.7 Å². The highest BCUT2D eigenvalue weighted by Gasteiger charge is 2.30. The normalized spacial score (nSPS) is 13.1. The van der Waals surface area contributed by atoms with Gasteiger partial charge < -0.3 is 4.42 Å². The molecule has 0 saturated carbocycles. The minimum absolute atomic E-state index is 0.451. The molecule has 0 amide bonds. The fourth-order valence-corrected chi connectivity index (χ4v) is 1.69. The number of alkyl halides is 3. The van der Waals surface area contributed by atoms with Gasteiger partial charge in [-0.25, -0.2) is 0 Å². The van der Waals surface area contributed by atoms with Gasteiger partial charge in [0.2, 0.25) is 0 Å². The van der Waals surface area contributed by atoms with Crippen molar-refractivity contribution in [3.63, 3.8) is 0 Å². The van der Waals surface area contributed by atoms with Gasteiger partial charge in [0.25, 0.3) is 0 Å². The molecule has 0 radical (unpaired) electrons. The lowest BCUT2D eigenvalue weighted by atomic mass is 10.1. The number of benzene rings is 1. The minimum atomic E-state index is -4.33. The van der Waals surface area contributed by atoms with Crippen molar-refractivity contribution >= 4 is 17.0 Å². The van der Waals surface area contributed by atoms with E-state index in [9.17, 15) is 13.2 Å². The molecule has 1 aromatic carbocycles. The molecule has 100 valence electrons. The van der Waals surface area contributed by atoms with Gasteiger partial charge in [-0.1, -0.05) is 25.2 Å². The first-order chi connectivity index (χ1) is 9.00. The van der Waals surface area contributed by atoms with Gasteiger partial charge in [-0.15, -0.1) is 0 Å². The first kappa shape index (κ1) is 13.5. The van der Waals surface area contributed by atoms with Gasteiger partial charge in [-0.3, -0.25) is 0 Å². The summed E-state index contributed by atoms with van der Waals surface area (Å²) in [5, 5.41) is 0.453. The van der Waals surface area contributed by atoms with E-state index in [0.717, 1.165) is 18.6 Å². The van der Waals surface area contributed by atoms with E-state index in [2.05, 4.69) is 0 Å². The largest absolute Gasteiger partial charge is 0.457 e. The molecule has 0 aliphatic rings. The molecule has 0 N–H and O–H groups in total. The molecule has 19 heavy (non-hydrogen) atoms. The molecule has 0 bridgehead atoms. The molecule has 0 unspecified atom stereocenters. The molecule has 0 saturated heterocycles. The Kier molecular flexibility index (Phi) is 3.79. The molecule has 2 aromatic rings. The second kappa shape index (κ2) is 5.34. The van der Waals surface area contributed by atoms with Crippen molar-refractivity contribution in [1.82, 2.24) is 0 Å². The van der Waals surface area contributed by atoms with Crippen LogP contribution in [0.5, 0.6) is 0 Å². The SMILES string of the molecule is CC/C=C/C=C/c1cc2cc(C(F)(F)F)ccc2o1. The average molecular weight is 266 g/mol. The Morgan fingerprint density at radius 2 is 1.95 bits per heavy atom. The van der Waals surface area contributed by atoms with E-state index >= 15 is 0 Å². The summed E-state index contributed by atoms with van der Waals surface area (Å²) in [6, 6.07) is 5.06. The maximum atomic E-state index is 12.6. The van der Waals surface area contributed by atoms with Crippen LogP contribution in [0.25, 0.3) is 17.0 Å². The Hall–Kier alpha value is -1.97. The van der Waals surface area contributed by atoms with Gasteiger partial charge in [0, 0.05) is 5.39 Å². The number of furan rings is 1. The van der Waals surface area contributed by atoms with Gasteiger partial charge in [-0.05, 0) is 36.8 Å². The fraction of sp³-hybridized carbons (Fsp3) is 0.200. The van der Waals surface area contributed by atoms with E-state index in [1.54, 1.807) is 18.2 Å². The van der Waals surface area contributed by atoms with E-state index in [-0.39, 0.29) is 0 Å². The number of allylic oxidation sites excluding steroid dienone is 3. The molecule has 0 spiro atoms. The summed E-state index contributed by atoms with van der Waals surface area (Å²) in [4.78, 5) is 0. The molecule has 0 atom stereocenters. The number of hydrogen-bond donors (Lipinski definition) is 0. The van der Waals surface area contributed by atoms with Crippen LogP contribution in [0.4, 0.5) is 13.2 Å². The quantitative estimate of drug-likeness (QED) is 0.675. The molecule has 1 nitrogen and oxygen atoms in total. The molecular formula is C15H13F3O. The second-order valence-corrected chi connectivity index (χ2v) is 4.09. The maximum absolute atomic E-state index is 12.6. The monoisotopic (exact) mass is 266 g/mol. The van der Waals surface area contributed by atoms with E-state index in [4.69, 9.17) is 4.42 Å². The fourth-order valence-electron chi connectivity index (χ4n) is 1.69. The van der Waals surface area contributed by atoms with Crippen molar-refractivity contribution < 1.29 is 17.6 Å². The average Bonchev–Trinajstić information content (AvgIpc) is 2.75. The van der Waals surface area contributed by atoms with Crippen LogP contribution in [0.3, 0.4) is 0 Å². The summed E-state index contributed by atoms with van der Waals surface area (Å²) in [7, 11) is 0. The van der Waals surface area contributed by atoms with Crippen LogP contribution in [-0.2, 0) is 6.18 Å². The van der Waals surface area contributed by atoms with Crippen LogP contribution >= 0.6 is 0 Å².